The van der Waals surface area contributed by atoms with Crippen LogP contribution in [0, 0.1) is 6.92 Å². The van der Waals surface area contributed by atoms with Gasteiger partial charge in [-0.2, -0.15) is 0 Å². The molecule has 2 amide bonds. The minimum atomic E-state index is -0.718. The van der Waals surface area contributed by atoms with Crippen molar-refractivity contribution in [3.05, 3.63) is 29.3 Å². The smallest absolute Gasteiger partial charge is 0.426 e. The van der Waals surface area contributed by atoms with Crippen molar-refractivity contribution in [2.45, 2.75) is 33.3 Å². The third kappa shape index (κ3) is 4.79. The first-order chi connectivity index (χ1) is 9.23. The molecule has 0 aliphatic heterocycles. The Morgan fingerprint density at radius 3 is 2.35 bits per heavy atom. The molecule has 110 valence electrons. The number of carbonyl (C=O) groups is 2. The summed E-state index contributed by atoms with van der Waals surface area (Å²) in [6, 6.07) is 5.01. The first-order valence-electron chi connectivity index (χ1n) is 6.17. The van der Waals surface area contributed by atoms with Crippen molar-refractivity contribution in [1.29, 1.82) is 0 Å². The zero-order chi connectivity index (χ0) is 15.3. The van der Waals surface area contributed by atoms with Gasteiger partial charge in [0.1, 0.15) is 11.4 Å². The largest absolute Gasteiger partial charge is 0.496 e. The SMILES string of the molecule is COc1cc(C(=O)NNC(=O)OC(C)(C)C)ccc1C. The second-order valence-electron chi connectivity index (χ2n) is 5.27. The molecule has 0 heterocycles. The van der Waals surface area contributed by atoms with Gasteiger partial charge in [0.2, 0.25) is 0 Å². The number of benzene rings is 1. The van der Waals surface area contributed by atoms with Crippen molar-refractivity contribution in [2.75, 3.05) is 7.11 Å². The first kappa shape index (κ1) is 15.8. The van der Waals surface area contributed by atoms with Gasteiger partial charge < -0.3 is 9.47 Å². The lowest BCUT2D eigenvalue weighted by molar-refractivity contribution is 0.0483. The van der Waals surface area contributed by atoms with Crippen LogP contribution in [-0.4, -0.2) is 24.7 Å². The van der Waals surface area contributed by atoms with Crippen LogP contribution >= 0.6 is 0 Å². The van der Waals surface area contributed by atoms with Crippen LogP contribution in [0.3, 0.4) is 0 Å². The average Bonchev–Trinajstić information content (AvgIpc) is 2.34. The van der Waals surface area contributed by atoms with Gasteiger partial charge in [-0.05, 0) is 45.4 Å². The number of hydrogen-bond acceptors (Lipinski definition) is 4. The molecule has 1 rings (SSSR count). The molecule has 20 heavy (non-hydrogen) atoms. The van der Waals surface area contributed by atoms with Crippen LogP contribution < -0.4 is 15.6 Å². The maximum absolute atomic E-state index is 11.9. The zero-order valence-electron chi connectivity index (χ0n) is 12.4. The molecule has 0 saturated heterocycles. The average molecular weight is 280 g/mol. The summed E-state index contributed by atoms with van der Waals surface area (Å²) in [6.07, 6.45) is -0.718. The quantitative estimate of drug-likeness (QED) is 0.814. The first-order valence-corrected chi connectivity index (χ1v) is 6.17. The van der Waals surface area contributed by atoms with E-state index in [0.717, 1.165) is 5.56 Å². The third-order valence-corrected chi connectivity index (χ3v) is 2.35. The lowest BCUT2D eigenvalue weighted by atomic mass is 10.1. The monoisotopic (exact) mass is 280 g/mol. The van der Waals surface area contributed by atoms with E-state index in [1.165, 1.54) is 7.11 Å². The van der Waals surface area contributed by atoms with Crippen LogP contribution in [0.5, 0.6) is 5.75 Å². The molecule has 1 aromatic carbocycles. The third-order valence-electron chi connectivity index (χ3n) is 2.35. The Hall–Kier alpha value is -2.24. The van der Waals surface area contributed by atoms with Gasteiger partial charge in [-0.25, -0.2) is 10.2 Å². The normalized spacial score (nSPS) is 10.7. The number of amides is 2. The Balaban J connectivity index is 2.61. The van der Waals surface area contributed by atoms with Crippen molar-refractivity contribution in [2.24, 2.45) is 0 Å². The lowest BCUT2D eigenvalue weighted by Crippen LogP contribution is -2.44. The molecule has 0 unspecified atom stereocenters. The summed E-state index contributed by atoms with van der Waals surface area (Å²) in [6.45, 7) is 7.08. The Bertz CT molecular complexity index is 506. The molecular formula is C14H20N2O4. The van der Waals surface area contributed by atoms with E-state index in [2.05, 4.69) is 10.9 Å². The summed E-state index contributed by atoms with van der Waals surface area (Å²) in [7, 11) is 1.53. The number of aryl methyl sites for hydroxylation is 1. The molecule has 6 nitrogen and oxygen atoms in total. The fourth-order valence-corrected chi connectivity index (χ4v) is 1.44. The lowest BCUT2D eigenvalue weighted by Gasteiger charge is -2.19. The summed E-state index contributed by atoms with van der Waals surface area (Å²) in [4.78, 5) is 23.3. The van der Waals surface area contributed by atoms with E-state index in [1.807, 2.05) is 6.92 Å². The fourth-order valence-electron chi connectivity index (χ4n) is 1.44. The van der Waals surface area contributed by atoms with Gasteiger partial charge in [0.05, 0.1) is 7.11 Å². The van der Waals surface area contributed by atoms with Crippen LogP contribution in [0.15, 0.2) is 18.2 Å². The maximum atomic E-state index is 11.9. The number of nitrogens with one attached hydrogen (secondary N) is 2. The number of carbonyl (C=O) groups excluding carboxylic acids is 2. The molecule has 0 atom stereocenters. The van der Waals surface area contributed by atoms with Gasteiger partial charge in [-0.3, -0.25) is 10.2 Å². The standard InChI is InChI=1S/C14H20N2O4/c1-9-6-7-10(8-11(9)19-5)12(17)15-16-13(18)20-14(2,3)4/h6-8H,1-5H3,(H,15,17)(H,16,18). The van der Waals surface area contributed by atoms with Crippen molar-refractivity contribution in [3.63, 3.8) is 0 Å². The van der Waals surface area contributed by atoms with Crippen LogP contribution in [0.4, 0.5) is 4.79 Å². The van der Waals surface area contributed by atoms with Gasteiger partial charge in [0, 0.05) is 5.56 Å². The summed E-state index contributed by atoms with van der Waals surface area (Å²) in [5.74, 6) is 0.157. The Morgan fingerprint density at radius 2 is 1.80 bits per heavy atom. The molecule has 0 bridgehead atoms. The number of hydrogen-bond donors (Lipinski definition) is 2. The van der Waals surface area contributed by atoms with Gasteiger partial charge in [-0.15, -0.1) is 0 Å². The van der Waals surface area contributed by atoms with Gasteiger partial charge in [0.15, 0.2) is 0 Å². The van der Waals surface area contributed by atoms with Crippen molar-refractivity contribution < 1.29 is 19.1 Å². The van der Waals surface area contributed by atoms with E-state index in [1.54, 1.807) is 39.0 Å². The van der Waals surface area contributed by atoms with E-state index in [0.29, 0.717) is 11.3 Å². The highest BCUT2D eigenvalue weighted by atomic mass is 16.6. The number of hydrazine groups is 1. The number of methoxy groups -OCH3 is 1. The van der Waals surface area contributed by atoms with Gasteiger partial charge >= 0.3 is 6.09 Å². The topological polar surface area (TPSA) is 76.7 Å². The van der Waals surface area contributed by atoms with Crippen LogP contribution in [0.2, 0.25) is 0 Å². The summed E-state index contributed by atoms with van der Waals surface area (Å²) in [5.41, 5.74) is 5.14. The van der Waals surface area contributed by atoms with Crippen LogP contribution in [-0.2, 0) is 4.74 Å². The molecule has 2 N–H and O–H groups in total. The second kappa shape index (κ2) is 6.27. The van der Waals surface area contributed by atoms with E-state index >= 15 is 0 Å². The molecule has 0 aliphatic carbocycles. The molecule has 0 saturated carbocycles. The predicted molar refractivity (Wildman–Crippen MR) is 74.6 cm³/mol. The van der Waals surface area contributed by atoms with E-state index in [-0.39, 0.29) is 0 Å². The minimum Gasteiger partial charge on any atom is -0.496 e. The highest BCUT2D eigenvalue weighted by Crippen LogP contribution is 2.18. The highest BCUT2D eigenvalue weighted by molar-refractivity contribution is 5.95. The molecule has 0 fully saturated rings. The maximum Gasteiger partial charge on any atom is 0.426 e. The highest BCUT2D eigenvalue weighted by Gasteiger charge is 2.17. The Kier molecular flexibility index (Phi) is 4.96. The van der Waals surface area contributed by atoms with Crippen molar-refractivity contribution in [1.82, 2.24) is 10.9 Å². The Morgan fingerprint density at radius 1 is 1.15 bits per heavy atom. The van der Waals surface area contributed by atoms with Crippen LogP contribution in [0.1, 0.15) is 36.7 Å². The minimum absolute atomic E-state index is 0.378. The van der Waals surface area contributed by atoms with Crippen LogP contribution in [0.25, 0.3) is 0 Å². The number of ether oxygens (including phenoxy) is 2. The summed E-state index contributed by atoms with van der Waals surface area (Å²) in [5, 5.41) is 0. The van der Waals surface area contributed by atoms with Gasteiger partial charge in [0.25, 0.3) is 5.91 Å². The Labute approximate surface area is 118 Å². The molecule has 0 aliphatic rings. The van der Waals surface area contributed by atoms with Crippen molar-refractivity contribution in [3.8, 4) is 5.75 Å². The van der Waals surface area contributed by atoms with Gasteiger partial charge in [-0.1, -0.05) is 6.07 Å². The fraction of sp³-hybridized carbons (Fsp3) is 0.429. The summed E-state index contributed by atoms with van der Waals surface area (Å²) < 4.78 is 10.1. The number of rotatable bonds is 2. The molecule has 0 aromatic heterocycles. The molecule has 0 radical (unpaired) electrons. The second-order valence-corrected chi connectivity index (χ2v) is 5.27. The van der Waals surface area contributed by atoms with E-state index in [9.17, 15) is 9.59 Å². The molecule has 0 spiro atoms. The molecule has 1 aromatic rings. The van der Waals surface area contributed by atoms with Crippen molar-refractivity contribution >= 4 is 12.0 Å². The molecular weight excluding hydrogens is 260 g/mol. The zero-order valence-corrected chi connectivity index (χ0v) is 12.4. The van der Waals surface area contributed by atoms with E-state index in [4.69, 9.17) is 9.47 Å². The molecule has 6 heteroatoms. The predicted octanol–water partition coefficient (Wildman–Crippen LogP) is 2.17. The van der Waals surface area contributed by atoms with E-state index < -0.39 is 17.6 Å². The summed E-state index contributed by atoms with van der Waals surface area (Å²) >= 11 is 0.